The number of hydrogen-bond donors (Lipinski definition) is 2. The zero-order valence-corrected chi connectivity index (χ0v) is 14.1. The molecule has 0 fully saturated rings. The van der Waals surface area contributed by atoms with Gasteiger partial charge in [-0.2, -0.15) is 5.23 Å². The molecule has 26 heavy (non-hydrogen) atoms. The summed E-state index contributed by atoms with van der Waals surface area (Å²) in [5.41, 5.74) is 2.71. The summed E-state index contributed by atoms with van der Waals surface area (Å²) in [4.78, 5) is 17.3. The summed E-state index contributed by atoms with van der Waals surface area (Å²) in [5, 5.41) is 19.2. The van der Waals surface area contributed by atoms with Gasteiger partial charge >= 0.3 is 5.97 Å². The number of fused-ring (bicyclic) bond motifs is 3. The molecule has 4 atom stereocenters. The second-order valence-corrected chi connectivity index (χ2v) is 6.35. The highest BCUT2D eigenvalue weighted by molar-refractivity contribution is 6.08. The van der Waals surface area contributed by atoms with Crippen LogP contribution in [-0.2, 0) is 9.53 Å². The fourth-order valence-corrected chi connectivity index (χ4v) is 3.69. The first-order valence-corrected chi connectivity index (χ1v) is 8.31. The summed E-state index contributed by atoms with van der Waals surface area (Å²) >= 11 is 0. The van der Waals surface area contributed by atoms with Crippen LogP contribution in [0.2, 0.25) is 0 Å². The van der Waals surface area contributed by atoms with Crippen molar-refractivity contribution in [1.82, 2.24) is 0 Å². The van der Waals surface area contributed by atoms with Crippen molar-refractivity contribution in [2.24, 2.45) is 16.8 Å². The number of ether oxygens (including phenoxy) is 2. The van der Waals surface area contributed by atoms with Crippen molar-refractivity contribution in [3.05, 3.63) is 64.9 Å². The number of quaternary nitrogens is 1. The predicted molar refractivity (Wildman–Crippen MR) is 92.4 cm³/mol. The molecular formula is C19H18N2O5. The number of rotatable bonds is 3. The Bertz CT molecular complexity index is 862. The highest BCUT2D eigenvalue weighted by Crippen LogP contribution is 2.44. The van der Waals surface area contributed by atoms with Gasteiger partial charge in [-0.15, -0.1) is 0 Å². The van der Waals surface area contributed by atoms with Gasteiger partial charge in [0.25, 0.3) is 0 Å². The van der Waals surface area contributed by atoms with Crippen LogP contribution in [0, 0.1) is 17.0 Å². The van der Waals surface area contributed by atoms with Crippen LogP contribution in [0.25, 0.3) is 0 Å². The first-order chi connectivity index (χ1) is 12.6. The second-order valence-electron chi connectivity index (χ2n) is 6.35. The Kier molecular flexibility index (Phi) is 4.20. The fourth-order valence-electron chi connectivity index (χ4n) is 3.69. The highest BCUT2D eigenvalue weighted by Gasteiger charge is 2.47. The van der Waals surface area contributed by atoms with E-state index < -0.39 is 17.2 Å². The Hall–Kier alpha value is -2.74. The summed E-state index contributed by atoms with van der Waals surface area (Å²) < 4.78 is 10.9. The molecule has 2 aliphatic heterocycles. The molecule has 2 aromatic carbocycles. The van der Waals surface area contributed by atoms with E-state index in [1.165, 1.54) is 19.2 Å². The Morgan fingerprint density at radius 3 is 2.69 bits per heavy atom. The number of nitrogens with one attached hydrogen (secondary N) is 1. The van der Waals surface area contributed by atoms with Gasteiger partial charge in [-0.25, -0.2) is 5.21 Å². The average molecular weight is 354 g/mol. The minimum Gasteiger partial charge on any atom is -0.595 e. The highest BCUT2D eigenvalue weighted by atomic mass is 16.8. The molecule has 2 aromatic rings. The third-order valence-corrected chi connectivity index (χ3v) is 4.96. The molecule has 2 aliphatic rings. The van der Waals surface area contributed by atoms with E-state index in [2.05, 4.69) is 0 Å². The monoisotopic (exact) mass is 354 g/mol. The van der Waals surface area contributed by atoms with Gasteiger partial charge in [0.1, 0.15) is 5.75 Å². The summed E-state index contributed by atoms with van der Waals surface area (Å²) in [5.74, 6) is -0.280. The van der Waals surface area contributed by atoms with E-state index in [0.717, 1.165) is 22.6 Å². The van der Waals surface area contributed by atoms with E-state index in [9.17, 15) is 10.0 Å². The molecule has 0 amide bonds. The van der Waals surface area contributed by atoms with Gasteiger partial charge in [-0.1, -0.05) is 24.3 Å². The van der Waals surface area contributed by atoms with Crippen molar-refractivity contribution in [3.8, 4) is 5.75 Å². The summed E-state index contributed by atoms with van der Waals surface area (Å²) in [6.07, 6.45) is 0. The maximum absolute atomic E-state index is 12.5. The van der Waals surface area contributed by atoms with Crippen molar-refractivity contribution in [3.63, 3.8) is 0 Å². The first-order valence-electron chi connectivity index (χ1n) is 8.31. The molecule has 0 aliphatic carbocycles. The smallest absolute Gasteiger partial charge is 0.312 e. The van der Waals surface area contributed by atoms with Crippen molar-refractivity contribution >= 4 is 17.4 Å². The molecule has 2 heterocycles. The Balaban J connectivity index is 1.77. The molecule has 0 radical (unpaired) electrons. The third-order valence-electron chi connectivity index (χ3n) is 4.96. The molecule has 4 rings (SSSR count). The minimum absolute atomic E-state index is 0.193. The zero-order chi connectivity index (χ0) is 18.3. The zero-order valence-electron chi connectivity index (χ0n) is 14.1. The van der Waals surface area contributed by atoms with Gasteiger partial charge in [0.15, 0.2) is 5.69 Å². The van der Waals surface area contributed by atoms with E-state index in [1.807, 2.05) is 24.3 Å². The normalized spacial score (nSPS) is 24.7. The molecule has 0 saturated heterocycles. The maximum Gasteiger partial charge on any atom is 0.312 e. The Morgan fingerprint density at radius 2 is 2.00 bits per heavy atom. The summed E-state index contributed by atoms with van der Waals surface area (Å²) in [6, 6.07) is 13.7. The van der Waals surface area contributed by atoms with Crippen molar-refractivity contribution < 1.29 is 24.7 Å². The van der Waals surface area contributed by atoms with E-state index in [0.29, 0.717) is 6.61 Å². The van der Waals surface area contributed by atoms with Crippen LogP contribution in [0.15, 0.2) is 53.5 Å². The molecule has 0 bridgehead atoms. The molecule has 134 valence electrons. The lowest BCUT2D eigenvalue weighted by atomic mass is 9.81. The van der Waals surface area contributed by atoms with Crippen LogP contribution in [-0.4, -0.2) is 30.6 Å². The number of esters is 1. The van der Waals surface area contributed by atoms with Crippen LogP contribution >= 0.6 is 0 Å². The van der Waals surface area contributed by atoms with Gasteiger partial charge in [0.05, 0.1) is 37.3 Å². The number of para-hydroxylation sites is 1. The van der Waals surface area contributed by atoms with Gasteiger partial charge in [-0.3, -0.25) is 9.79 Å². The number of aliphatic imine (C=N–C) groups is 1. The topological polar surface area (TPSA) is 95.6 Å². The summed E-state index contributed by atoms with van der Waals surface area (Å²) in [7, 11) is 1.36. The summed E-state index contributed by atoms with van der Waals surface area (Å²) in [6.45, 7) is 0.360. The van der Waals surface area contributed by atoms with Gasteiger partial charge < -0.3 is 14.7 Å². The average Bonchev–Trinajstić information content (AvgIpc) is 3.07. The number of methoxy groups -OCH3 is 1. The van der Waals surface area contributed by atoms with Crippen LogP contribution in [0.3, 0.4) is 0 Å². The quantitative estimate of drug-likeness (QED) is 0.642. The number of carbonyl (C=O) groups is 1. The van der Waals surface area contributed by atoms with Gasteiger partial charge in [-0.05, 0) is 17.7 Å². The molecule has 4 unspecified atom stereocenters. The molecule has 7 heteroatoms. The first kappa shape index (κ1) is 16.7. The fraction of sp³-hybridized carbons (Fsp3) is 0.263. The largest absolute Gasteiger partial charge is 0.595 e. The lowest BCUT2D eigenvalue weighted by Gasteiger charge is -2.27. The minimum atomic E-state index is -0.991. The number of hydrogen-bond acceptors (Lipinski definition) is 6. The van der Waals surface area contributed by atoms with Crippen LogP contribution in [0.1, 0.15) is 17.2 Å². The van der Waals surface area contributed by atoms with Crippen molar-refractivity contribution in [1.29, 1.82) is 0 Å². The molecule has 0 saturated carbocycles. The molecule has 2 N–H and O–H groups in total. The Morgan fingerprint density at radius 1 is 1.27 bits per heavy atom. The second kappa shape index (κ2) is 6.53. The van der Waals surface area contributed by atoms with Crippen LogP contribution in [0.4, 0.5) is 5.69 Å². The lowest BCUT2D eigenvalue weighted by Crippen LogP contribution is -2.99. The van der Waals surface area contributed by atoms with E-state index >= 15 is 0 Å². The van der Waals surface area contributed by atoms with E-state index in [-0.39, 0.29) is 17.6 Å². The van der Waals surface area contributed by atoms with Crippen molar-refractivity contribution in [2.45, 2.75) is 6.04 Å². The molecule has 0 spiro atoms. The van der Waals surface area contributed by atoms with Gasteiger partial charge in [0.2, 0.25) is 0 Å². The predicted octanol–water partition coefficient (Wildman–Crippen LogP) is 1.43. The van der Waals surface area contributed by atoms with Gasteiger partial charge in [0, 0.05) is 17.7 Å². The number of benzene rings is 2. The lowest BCUT2D eigenvalue weighted by molar-refractivity contribution is -0.991. The van der Waals surface area contributed by atoms with E-state index in [4.69, 9.17) is 19.7 Å². The van der Waals surface area contributed by atoms with Crippen LogP contribution < -0.4 is 9.96 Å². The standard InChI is InChI=1S/C19H18N2O5/c1-25-19(22)16-14-10-26-15-5-3-2-4-13(15)18(14)20-17(16)11-6-8-12(9-7-11)21(23)24/h2-9,14,16-17,21,23H,10H2,1H3. The number of carbonyl (C=O) groups excluding carboxylic acids is 1. The SMILES string of the molecule is COC(=O)C1C2COc3ccccc3C2=NC1c1ccc([NH+]([O-])O)cc1. The Labute approximate surface area is 150 Å². The maximum atomic E-state index is 12.5. The van der Waals surface area contributed by atoms with E-state index in [1.54, 1.807) is 12.1 Å². The molecule has 0 aromatic heterocycles. The molecule has 7 nitrogen and oxygen atoms in total. The third kappa shape index (κ3) is 2.66. The number of nitrogens with zero attached hydrogens (tertiary/aromatic N) is 1. The van der Waals surface area contributed by atoms with Crippen molar-refractivity contribution in [2.75, 3.05) is 13.7 Å². The van der Waals surface area contributed by atoms with Crippen LogP contribution in [0.5, 0.6) is 5.75 Å². The molecular weight excluding hydrogens is 336 g/mol.